The summed E-state index contributed by atoms with van der Waals surface area (Å²) in [6.07, 6.45) is -0.187. The van der Waals surface area contributed by atoms with Crippen molar-refractivity contribution >= 4 is 11.9 Å². The van der Waals surface area contributed by atoms with Gasteiger partial charge in [-0.15, -0.1) is 0 Å². The Morgan fingerprint density at radius 3 is 2.58 bits per heavy atom. The maximum absolute atomic E-state index is 10.7. The molecule has 0 aromatic heterocycles. The molecule has 12 heavy (non-hydrogen) atoms. The van der Waals surface area contributed by atoms with E-state index in [1.807, 2.05) is 0 Å². The van der Waals surface area contributed by atoms with E-state index in [0.717, 1.165) is 0 Å². The van der Waals surface area contributed by atoms with Gasteiger partial charge in [0, 0.05) is 6.42 Å². The van der Waals surface area contributed by atoms with Crippen LogP contribution in [0, 0.1) is 6.57 Å². The van der Waals surface area contributed by atoms with Crippen LogP contribution in [0.15, 0.2) is 0 Å². The molecule has 0 amide bonds. The summed E-state index contributed by atoms with van der Waals surface area (Å²) in [5.74, 6) is -1.70. The summed E-state index contributed by atoms with van der Waals surface area (Å²) in [6.45, 7) is 6.57. The van der Waals surface area contributed by atoms with Crippen molar-refractivity contribution in [2.45, 2.75) is 18.9 Å². The number of aliphatic carboxylic acids is 1. The molecule has 1 unspecified atom stereocenters. The SMILES string of the molecule is [C-]#[N+]C(CCC(=O)O)C(=O)OC. The number of esters is 1. The van der Waals surface area contributed by atoms with Crippen LogP contribution in [-0.2, 0) is 14.3 Å². The highest BCUT2D eigenvalue weighted by atomic mass is 16.5. The minimum absolute atomic E-state index is 0.00546. The summed E-state index contributed by atoms with van der Waals surface area (Å²) >= 11 is 0. The lowest BCUT2D eigenvalue weighted by atomic mass is 10.2. The van der Waals surface area contributed by atoms with Crippen LogP contribution in [0.4, 0.5) is 0 Å². The number of carbonyl (C=O) groups is 2. The zero-order valence-electron chi connectivity index (χ0n) is 6.61. The zero-order chi connectivity index (χ0) is 9.56. The van der Waals surface area contributed by atoms with Gasteiger partial charge in [-0.05, 0) is 0 Å². The van der Waals surface area contributed by atoms with Crippen molar-refractivity contribution < 1.29 is 19.4 Å². The van der Waals surface area contributed by atoms with Crippen molar-refractivity contribution in [3.8, 4) is 0 Å². The number of carboxylic acids is 1. The number of carboxylic acid groups (broad SMARTS) is 1. The van der Waals surface area contributed by atoms with Gasteiger partial charge < -0.3 is 14.7 Å². The van der Waals surface area contributed by atoms with E-state index < -0.39 is 18.0 Å². The Kier molecular flexibility index (Phi) is 4.46. The molecule has 0 spiro atoms. The van der Waals surface area contributed by atoms with E-state index in [0.29, 0.717) is 0 Å². The highest BCUT2D eigenvalue weighted by Crippen LogP contribution is 2.03. The molecule has 0 radical (unpaired) electrons. The van der Waals surface area contributed by atoms with Crippen LogP contribution in [-0.4, -0.2) is 30.2 Å². The first-order chi connectivity index (χ1) is 5.61. The van der Waals surface area contributed by atoms with E-state index in [-0.39, 0.29) is 12.8 Å². The molecule has 0 saturated heterocycles. The smallest absolute Gasteiger partial charge is 0.389 e. The summed E-state index contributed by atoms with van der Waals surface area (Å²) in [7, 11) is 1.17. The van der Waals surface area contributed by atoms with E-state index in [1.165, 1.54) is 7.11 Å². The lowest BCUT2D eigenvalue weighted by Gasteiger charge is -2.00. The van der Waals surface area contributed by atoms with Crippen molar-refractivity contribution in [3.05, 3.63) is 11.4 Å². The number of nitrogens with zero attached hydrogens (tertiary/aromatic N) is 1. The molecule has 0 saturated carbocycles. The van der Waals surface area contributed by atoms with E-state index in [4.69, 9.17) is 11.7 Å². The first-order valence-corrected chi connectivity index (χ1v) is 3.28. The van der Waals surface area contributed by atoms with Crippen LogP contribution >= 0.6 is 0 Å². The molecule has 5 nitrogen and oxygen atoms in total. The summed E-state index contributed by atoms with van der Waals surface area (Å²) in [4.78, 5) is 23.7. The average Bonchev–Trinajstić information content (AvgIpc) is 2.04. The standard InChI is InChI=1S/C7H9NO4/c1-8-5(7(11)12-2)3-4-6(9)10/h5H,3-4H2,2H3,(H,9,10). The number of carbonyl (C=O) groups excluding carboxylic acids is 1. The van der Waals surface area contributed by atoms with Gasteiger partial charge in [0.2, 0.25) is 0 Å². The van der Waals surface area contributed by atoms with Gasteiger partial charge in [0.05, 0.1) is 13.5 Å². The van der Waals surface area contributed by atoms with Crippen molar-refractivity contribution in [3.63, 3.8) is 0 Å². The molecule has 0 rings (SSSR count). The van der Waals surface area contributed by atoms with Gasteiger partial charge in [0.1, 0.15) is 0 Å². The Morgan fingerprint density at radius 2 is 2.25 bits per heavy atom. The fourth-order valence-corrected chi connectivity index (χ4v) is 0.631. The minimum atomic E-state index is -1.02. The Bertz CT molecular complexity index is 218. The largest absolute Gasteiger partial charge is 0.481 e. The normalized spacial score (nSPS) is 11.3. The quantitative estimate of drug-likeness (QED) is 0.488. The predicted octanol–water partition coefficient (Wildman–Crippen LogP) is 0.312. The zero-order valence-corrected chi connectivity index (χ0v) is 6.61. The molecule has 5 heteroatoms. The second-order valence-electron chi connectivity index (χ2n) is 2.10. The number of hydrogen-bond acceptors (Lipinski definition) is 3. The Labute approximate surface area is 69.8 Å². The molecule has 66 valence electrons. The minimum Gasteiger partial charge on any atom is -0.481 e. The third kappa shape index (κ3) is 3.56. The maximum Gasteiger partial charge on any atom is 0.389 e. The second kappa shape index (κ2) is 5.13. The first kappa shape index (κ1) is 10.4. The number of hydrogen-bond donors (Lipinski definition) is 1. The van der Waals surface area contributed by atoms with Gasteiger partial charge in [-0.3, -0.25) is 4.79 Å². The molecule has 0 aliphatic carbocycles. The molecule has 1 atom stereocenters. The molecule has 0 aromatic carbocycles. The molecule has 0 heterocycles. The van der Waals surface area contributed by atoms with Crippen molar-refractivity contribution in [2.24, 2.45) is 0 Å². The summed E-state index contributed by atoms with van der Waals surface area (Å²) < 4.78 is 4.29. The third-order valence-corrected chi connectivity index (χ3v) is 1.26. The first-order valence-electron chi connectivity index (χ1n) is 3.28. The molecule has 1 N–H and O–H groups in total. The highest BCUT2D eigenvalue weighted by molar-refractivity contribution is 5.78. The van der Waals surface area contributed by atoms with Gasteiger partial charge in [-0.25, -0.2) is 11.4 Å². The summed E-state index contributed by atoms with van der Waals surface area (Å²) in [6, 6.07) is -0.980. The van der Waals surface area contributed by atoms with Gasteiger partial charge in [0.25, 0.3) is 0 Å². The van der Waals surface area contributed by atoms with E-state index in [9.17, 15) is 9.59 Å². The molecule has 0 aliphatic heterocycles. The Hall–Kier alpha value is -1.57. The molecule has 0 fully saturated rings. The third-order valence-electron chi connectivity index (χ3n) is 1.26. The van der Waals surface area contributed by atoms with Crippen molar-refractivity contribution in [2.75, 3.05) is 7.11 Å². The van der Waals surface area contributed by atoms with Gasteiger partial charge in [-0.2, -0.15) is 0 Å². The maximum atomic E-state index is 10.7. The summed E-state index contributed by atoms with van der Waals surface area (Å²) in [5, 5.41) is 8.26. The molecule has 0 bridgehead atoms. The van der Waals surface area contributed by atoms with Gasteiger partial charge >= 0.3 is 18.0 Å². The van der Waals surface area contributed by atoms with E-state index in [1.54, 1.807) is 0 Å². The molecular weight excluding hydrogens is 162 g/mol. The van der Waals surface area contributed by atoms with Crippen LogP contribution in [0.5, 0.6) is 0 Å². The number of ether oxygens (including phenoxy) is 1. The average molecular weight is 171 g/mol. The fourth-order valence-electron chi connectivity index (χ4n) is 0.631. The van der Waals surface area contributed by atoms with Gasteiger partial charge in [0.15, 0.2) is 0 Å². The Balaban J connectivity index is 3.94. The van der Waals surface area contributed by atoms with E-state index in [2.05, 4.69) is 9.58 Å². The molecular formula is C7H9NO4. The fraction of sp³-hybridized carbons (Fsp3) is 0.571. The lowest BCUT2D eigenvalue weighted by molar-refractivity contribution is -0.141. The van der Waals surface area contributed by atoms with E-state index >= 15 is 0 Å². The van der Waals surface area contributed by atoms with Crippen LogP contribution in [0.3, 0.4) is 0 Å². The number of methoxy groups -OCH3 is 1. The monoisotopic (exact) mass is 171 g/mol. The molecule has 0 aliphatic rings. The number of rotatable bonds is 4. The second-order valence-corrected chi connectivity index (χ2v) is 2.10. The summed E-state index contributed by atoms with van der Waals surface area (Å²) in [5.41, 5.74) is 0. The van der Waals surface area contributed by atoms with Crippen LogP contribution in [0.1, 0.15) is 12.8 Å². The van der Waals surface area contributed by atoms with Crippen LogP contribution in [0.2, 0.25) is 0 Å². The van der Waals surface area contributed by atoms with Crippen LogP contribution < -0.4 is 0 Å². The highest BCUT2D eigenvalue weighted by Gasteiger charge is 2.24. The van der Waals surface area contributed by atoms with Crippen molar-refractivity contribution in [1.29, 1.82) is 0 Å². The topological polar surface area (TPSA) is 68.0 Å². The lowest BCUT2D eigenvalue weighted by Crippen LogP contribution is -2.19. The van der Waals surface area contributed by atoms with Gasteiger partial charge in [-0.1, -0.05) is 0 Å². The Morgan fingerprint density at radius 1 is 1.67 bits per heavy atom. The van der Waals surface area contributed by atoms with Crippen LogP contribution in [0.25, 0.3) is 4.85 Å². The predicted molar refractivity (Wildman–Crippen MR) is 39.3 cm³/mol. The van der Waals surface area contributed by atoms with Crippen molar-refractivity contribution in [1.82, 2.24) is 0 Å². The molecule has 0 aromatic rings.